The zero-order valence-corrected chi connectivity index (χ0v) is 12.3. The molecule has 1 aromatic carbocycles. The van der Waals surface area contributed by atoms with Gasteiger partial charge in [-0.15, -0.1) is 0 Å². The Morgan fingerprint density at radius 2 is 2.17 bits per heavy atom. The first-order valence-electron chi connectivity index (χ1n) is 6.20. The summed E-state index contributed by atoms with van der Waals surface area (Å²) in [6.07, 6.45) is 3.96. The molecular formula is C14H18BrNO2. The van der Waals surface area contributed by atoms with Crippen molar-refractivity contribution >= 4 is 26.9 Å². The number of ether oxygens (including phenoxy) is 1. The highest BCUT2D eigenvalue weighted by Crippen LogP contribution is 2.32. The van der Waals surface area contributed by atoms with Gasteiger partial charge in [0, 0.05) is 5.39 Å². The Morgan fingerprint density at radius 3 is 2.89 bits per heavy atom. The van der Waals surface area contributed by atoms with Crippen molar-refractivity contribution in [2.24, 2.45) is 0 Å². The predicted molar refractivity (Wildman–Crippen MR) is 77.3 cm³/mol. The molecule has 0 saturated carbocycles. The van der Waals surface area contributed by atoms with Gasteiger partial charge in [0.05, 0.1) is 17.8 Å². The number of nitrogens with one attached hydrogen (secondary N) is 1. The van der Waals surface area contributed by atoms with Gasteiger partial charge in [0.2, 0.25) is 0 Å². The maximum Gasteiger partial charge on any atom is 0.148 e. The number of halogens is 1. The molecule has 18 heavy (non-hydrogen) atoms. The molecule has 0 saturated heterocycles. The fourth-order valence-electron chi connectivity index (χ4n) is 1.96. The summed E-state index contributed by atoms with van der Waals surface area (Å²) in [5, 5.41) is 4.52. The number of hydrogen-bond acceptors (Lipinski definition) is 3. The van der Waals surface area contributed by atoms with E-state index in [1.165, 1.54) is 5.56 Å². The number of benzene rings is 1. The lowest BCUT2D eigenvalue weighted by Gasteiger charge is -2.03. The van der Waals surface area contributed by atoms with E-state index in [1.807, 2.05) is 18.4 Å². The van der Waals surface area contributed by atoms with Gasteiger partial charge in [-0.1, -0.05) is 6.92 Å². The molecule has 0 aliphatic carbocycles. The molecule has 4 heteroatoms. The van der Waals surface area contributed by atoms with Crippen molar-refractivity contribution in [1.82, 2.24) is 5.32 Å². The average molecular weight is 312 g/mol. The first-order chi connectivity index (χ1) is 8.76. The highest BCUT2D eigenvalue weighted by Gasteiger charge is 2.10. The lowest BCUT2D eigenvalue weighted by molar-refractivity contribution is 0.415. The quantitative estimate of drug-likeness (QED) is 0.825. The topological polar surface area (TPSA) is 34.4 Å². The molecule has 2 aromatic rings. The molecule has 0 amide bonds. The highest BCUT2D eigenvalue weighted by molar-refractivity contribution is 9.10. The summed E-state index contributed by atoms with van der Waals surface area (Å²) in [6, 6.07) is 3.95. The SMILES string of the molecule is CCCNCCc1coc2c(Br)cc(OC)cc12. The largest absolute Gasteiger partial charge is 0.497 e. The van der Waals surface area contributed by atoms with E-state index in [0.29, 0.717) is 0 Å². The van der Waals surface area contributed by atoms with Crippen LogP contribution in [0, 0.1) is 0 Å². The number of furan rings is 1. The molecule has 1 heterocycles. The smallest absolute Gasteiger partial charge is 0.148 e. The van der Waals surface area contributed by atoms with E-state index in [2.05, 4.69) is 28.2 Å². The predicted octanol–water partition coefficient (Wildman–Crippen LogP) is 3.75. The van der Waals surface area contributed by atoms with E-state index in [1.54, 1.807) is 7.11 Å². The monoisotopic (exact) mass is 311 g/mol. The van der Waals surface area contributed by atoms with Crippen molar-refractivity contribution < 1.29 is 9.15 Å². The van der Waals surface area contributed by atoms with Gasteiger partial charge in [-0.05, 0) is 59.6 Å². The first kappa shape index (κ1) is 13.4. The van der Waals surface area contributed by atoms with Gasteiger partial charge in [-0.3, -0.25) is 0 Å². The fraction of sp³-hybridized carbons (Fsp3) is 0.429. The molecule has 0 fully saturated rings. The fourth-order valence-corrected chi connectivity index (χ4v) is 2.49. The third kappa shape index (κ3) is 2.87. The zero-order chi connectivity index (χ0) is 13.0. The minimum atomic E-state index is 0.846. The van der Waals surface area contributed by atoms with Crippen LogP contribution < -0.4 is 10.1 Å². The first-order valence-corrected chi connectivity index (χ1v) is 7.00. The molecule has 98 valence electrons. The Morgan fingerprint density at radius 1 is 1.33 bits per heavy atom. The number of rotatable bonds is 6. The third-order valence-electron chi connectivity index (χ3n) is 2.92. The van der Waals surface area contributed by atoms with Gasteiger partial charge in [-0.25, -0.2) is 0 Å². The van der Waals surface area contributed by atoms with Crippen LogP contribution in [0.15, 0.2) is 27.3 Å². The van der Waals surface area contributed by atoms with Crippen molar-refractivity contribution in [2.75, 3.05) is 20.2 Å². The molecule has 0 bridgehead atoms. The Kier molecular flexibility index (Phi) is 4.66. The summed E-state index contributed by atoms with van der Waals surface area (Å²) in [7, 11) is 1.68. The highest BCUT2D eigenvalue weighted by atomic mass is 79.9. The molecule has 0 unspecified atom stereocenters. The van der Waals surface area contributed by atoms with Crippen molar-refractivity contribution in [3.8, 4) is 5.75 Å². The number of methoxy groups -OCH3 is 1. The van der Waals surface area contributed by atoms with E-state index in [4.69, 9.17) is 9.15 Å². The summed E-state index contributed by atoms with van der Waals surface area (Å²) in [4.78, 5) is 0. The molecule has 1 aromatic heterocycles. The van der Waals surface area contributed by atoms with Crippen molar-refractivity contribution in [2.45, 2.75) is 19.8 Å². The molecular weight excluding hydrogens is 294 g/mol. The van der Waals surface area contributed by atoms with Gasteiger partial charge in [0.25, 0.3) is 0 Å². The Labute approximate surface area is 116 Å². The normalized spacial score (nSPS) is 11.1. The van der Waals surface area contributed by atoms with Crippen LogP contribution in [-0.2, 0) is 6.42 Å². The molecule has 1 N–H and O–H groups in total. The van der Waals surface area contributed by atoms with Crippen LogP contribution in [0.5, 0.6) is 5.75 Å². The summed E-state index contributed by atoms with van der Waals surface area (Å²) < 4.78 is 11.8. The summed E-state index contributed by atoms with van der Waals surface area (Å²) in [5.41, 5.74) is 2.11. The van der Waals surface area contributed by atoms with E-state index in [-0.39, 0.29) is 0 Å². The van der Waals surface area contributed by atoms with Gasteiger partial charge >= 0.3 is 0 Å². The molecule has 2 rings (SSSR count). The molecule has 0 aliphatic rings. The Bertz CT molecular complexity index is 522. The molecule has 0 aliphatic heterocycles. The van der Waals surface area contributed by atoms with Gasteiger partial charge in [0.1, 0.15) is 11.3 Å². The zero-order valence-electron chi connectivity index (χ0n) is 10.8. The second-order valence-electron chi connectivity index (χ2n) is 4.25. The van der Waals surface area contributed by atoms with E-state index in [0.717, 1.165) is 47.1 Å². The maximum absolute atomic E-state index is 5.61. The van der Waals surface area contributed by atoms with E-state index < -0.39 is 0 Å². The summed E-state index contributed by atoms with van der Waals surface area (Å²) in [6.45, 7) is 4.20. The molecule has 3 nitrogen and oxygen atoms in total. The second-order valence-corrected chi connectivity index (χ2v) is 5.10. The van der Waals surface area contributed by atoms with Gasteiger partial charge in [-0.2, -0.15) is 0 Å². The standard InChI is InChI=1S/C14H18BrNO2/c1-3-5-16-6-4-10-9-18-14-12(10)7-11(17-2)8-13(14)15/h7-9,16H,3-6H2,1-2H3. The third-order valence-corrected chi connectivity index (χ3v) is 3.50. The van der Waals surface area contributed by atoms with Crippen LogP contribution in [0.3, 0.4) is 0 Å². The number of fused-ring (bicyclic) bond motifs is 1. The molecule has 0 atom stereocenters. The molecule has 0 spiro atoms. The number of hydrogen-bond donors (Lipinski definition) is 1. The second kappa shape index (κ2) is 6.25. The minimum Gasteiger partial charge on any atom is -0.497 e. The minimum absolute atomic E-state index is 0.846. The van der Waals surface area contributed by atoms with Crippen LogP contribution in [-0.4, -0.2) is 20.2 Å². The summed E-state index contributed by atoms with van der Waals surface area (Å²) in [5.74, 6) is 0.846. The van der Waals surface area contributed by atoms with Crippen LogP contribution in [0.2, 0.25) is 0 Å². The average Bonchev–Trinajstić information content (AvgIpc) is 2.78. The van der Waals surface area contributed by atoms with Crippen LogP contribution in [0.4, 0.5) is 0 Å². The van der Waals surface area contributed by atoms with Crippen molar-refractivity contribution in [3.63, 3.8) is 0 Å². The van der Waals surface area contributed by atoms with E-state index >= 15 is 0 Å². The van der Waals surface area contributed by atoms with Crippen LogP contribution >= 0.6 is 15.9 Å². The Hall–Kier alpha value is -1.00. The van der Waals surface area contributed by atoms with Crippen LogP contribution in [0.1, 0.15) is 18.9 Å². The Balaban J connectivity index is 2.20. The van der Waals surface area contributed by atoms with Gasteiger partial charge < -0.3 is 14.5 Å². The van der Waals surface area contributed by atoms with E-state index in [9.17, 15) is 0 Å². The lowest BCUT2D eigenvalue weighted by Crippen LogP contribution is -2.17. The van der Waals surface area contributed by atoms with Crippen molar-refractivity contribution in [1.29, 1.82) is 0 Å². The van der Waals surface area contributed by atoms with Gasteiger partial charge in [0.15, 0.2) is 0 Å². The molecule has 0 radical (unpaired) electrons. The maximum atomic E-state index is 5.61. The van der Waals surface area contributed by atoms with Crippen molar-refractivity contribution in [3.05, 3.63) is 28.4 Å². The van der Waals surface area contributed by atoms with Crippen LogP contribution in [0.25, 0.3) is 11.0 Å². The summed E-state index contributed by atoms with van der Waals surface area (Å²) >= 11 is 3.51. The lowest BCUT2D eigenvalue weighted by atomic mass is 10.1.